The van der Waals surface area contributed by atoms with Gasteiger partial charge in [-0.1, -0.05) is 35.6 Å². The van der Waals surface area contributed by atoms with E-state index in [1.807, 2.05) is 18.4 Å². The van der Waals surface area contributed by atoms with Gasteiger partial charge in [0.1, 0.15) is 0 Å². The van der Waals surface area contributed by atoms with Gasteiger partial charge in [0.25, 0.3) is 0 Å². The van der Waals surface area contributed by atoms with Crippen LogP contribution in [0.4, 0.5) is 0 Å². The van der Waals surface area contributed by atoms with E-state index in [0.29, 0.717) is 19.4 Å². The van der Waals surface area contributed by atoms with Crippen molar-refractivity contribution in [1.29, 1.82) is 0 Å². The number of rotatable bonds is 5. The van der Waals surface area contributed by atoms with Crippen LogP contribution in [-0.2, 0) is 17.8 Å². The van der Waals surface area contributed by atoms with Gasteiger partial charge in [-0.2, -0.15) is 0 Å². The molecule has 0 saturated carbocycles. The van der Waals surface area contributed by atoms with E-state index in [4.69, 9.17) is 0 Å². The van der Waals surface area contributed by atoms with Crippen LogP contribution in [0.1, 0.15) is 48.5 Å². The third-order valence-electron chi connectivity index (χ3n) is 4.47. The summed E-state index contributed by atoms with van der Waals surface area (Å²) >= 11 is 1.22. The van der Waals surface area contributed by atoms with Crippen LogP contribution in [0, 0.1) is 6.92 Å². The smallest absolute Gasteiger partial charge is 0.307 e. The number of carbonyl (C=O) groups excluding carboxylic acids is 1. The standard InChI is InChI=1S/C18H22N2O2S/c1-13-12-23-18(22)20(13)11-5-10-17(21)19-16-9-4-7-14-6-2-3-8-15(14)16/h2-3,6,8,12,16H,4-5,7,9-11H2,1H3,(H,19,21)/t16-/m1/s1. The van der Waals surface area contributed by atoms with Crippen molar-refractivity contribution in [2.75, 3.05) is 0 Å². The van der Waals surface area contributed by atoms with E-state index >= 15 is 0 Å². The van der Waals surface area contributed by atoms with Crippen molar-refractivity contribution in [3.63, 3.8) is 0 Å². The average Bonchev–Trinajstić information content (AvgIpc) is 2.87. The highest BCUT2D eigenvalue weighted by molar-refractivity contribution is 7.07. The number of aryl methyl sites for hydroxylation is 2. The zero-order chi connectivity index (χ0) is 16.2. The summed E-state index contributed by atoms with van der Waals surface area (Å²) in [4.78, 5) is 23.9. The fourth-order valence-electron chi connectivity index (χ4n) is 3.24. The van der Waals surface area contributed by atoms with E-state index in [1.54, 1.807) is 4.57 Å². The highest BCUT2D eigenvalue weighted by Gasteiger charge is 2.21. The second kappa shape index (κ2) is 7.13. The Labute approximate surface area is 140 Å². The first-order valence-corrected chi connectivity index (χ1v) is 9.05. The maximum atomic E-state index is 12.2. The number of amides is 1. The molecule has 1 heterocycles. The highest BCUT2D eigenvalue weighted by Crippen LogP contribution is 2.29. The summed E-state index contributed by atoms with van der Waals surface area (Å²) in [6.07, 6.45) is 4.37. The largest absolute Gasteiger partial charge is 0.349 e. The molecule has 122 valence electrons. The van der Waals surface area contributed by atoms with Crippen LogP contribution in [0.5, 0.6) is 0 Å². The summed E-state index contributed by atoms with van der Waals surface area (Å²) < 4.78 is 1.74. The number of hydrogen-bond donors (Lipinski definition) is 1. The Kier molecular flexibility index (Phi) is 4.96. The van der Waals surface area contributed by atoms with Gasteiger partial charge in [-0.3, -0.25) is 9.59 Å². The molecule has 0 saturated heterocycles. The molecule has 23 heavy (non-hydrogen) atoms. The van der Waals surface area contributed by atoms with Crippen molar-refractivity contribution in [1.82, 2.24) is 9.88 Å². The average molecular weight is 330 g/mol. The molecule has 1 N–H and O–H groups in total. The van der Waals surface area contributed by atoms with Gasteiger partial charge in [0.05, 0.1) is 6.04 Å². The van der Waals surface area contributed by atoms with Crippen molar-refractivity contribution in [3.05, 3.63) is 56.1 Å². The van der Waals surface area contributed by atoms with Gasteiger partial charge in [-0.05, 0) is 43.7 Å². The van der Waals surface area contributed by atoms with E-state index in [2.05, 4.69) is 23.5 Å². The lowest BCUT2D eigenvalue weighted by Gasteiger charge is -2.26. The van der Waals surface area contributed by atoms with Gasteiger partial charge in [0.2, 0.25) is 5.91 Å². The zero-order valence-electron chi connectivity index (χ0n) is 13.4. The lowest BCUT2D eigenvalue weighted by molar-refractivity contribution is -0.122. The number of carbonyl (C=O) groups is 1. The summed E-state index contributed by atoms with van der Waals surface area (Å²) in [5.74, 6) is 0.0765. The Hall–Kier alpha value is -1.88. The van der Waals surface area contributed by atoms with Crippen LogP contribution in [0.25, 0.3) is 0 Å². The first-order valence-electron chi connectivity index (χ1n) is 8.17. The van der Waals surface area contributed by atoms with E-state index in [9.17, 15) is 9.59 Å². The molecule has 0 fully saturated rings. The molecule has 1 amide bonds. The minimum absolute atomic E-state index is 0.0594. The molecule has 1 aliphatic rings. The Bertz CT molecular complexity index is 747. The predicted molar refractivity (Wildman–Crippen MR) is 92.8 cm³/mol. The van der Waals surface area contributed by atoms with Crippen molar-refractivity contribution < 1.29 is 4.79 Å². The van der Waals surface area contributed by atoms with Crippen molar-refractivity contribution in [3.8, 4) is 0 Å². The Morgan fingerprint density at radius 2 is 2.22 bits per heavy atom. The molecule has 0 spiro atoms. The van der Waals surface area contributed by atoms with E-state index in [1.165, 1.54) is 22.5 Å². The zero-order valence-corrected chi connectivity index (χ0v) is 14.2. The maximum Gasteiger partial charge on any atom is 0.307 e. The van der Waals surface area contributed by atoms with Gasteiger partial charge in [-0.15, -0.1) is 0 Å². The monoisotopic (exact) mass is 330 g/mol. The molecule has 0 radical (unpaired) electrons. The van der Waals surface area contributed by atoms with E-state index < -0.39 is 0 Å². The van der Waals surface area contributed by atoms with Crippen molar-refractivity contribution >= 4 is 17.2 Å². The lowest BCUT2D eigenvalue weighted by atomic mass is 9.87. The first-order chi connectivity index (χ1) is 11.1. The number of benzene rings is 1. The third-order valence-corrected chi connectivity index (χ3v) is 5.35. The molecule has 1 atom stereocenters. The van der Waals surface area contributed by atoms with Gasteiger partial charge in [0.15, 0.2) is 0 Å². The Morgan fingerprint density at radius 1 is 1.39 bits per heavy atom. The van der Waals surface area contributed by atoms with Gasteiger partial charge in [0, 0.05) is 24.0 Å². The molecule has 2 aromatic rings. The molecule has 0 bridgehead atoms. The van der Waals surface area contributed by atoms with Crippen LogP contribution in [0.2, 0.25) is 0 Å². The topological polar surface area (TPSA) is 51.1 Å². The minimum atomic E-state index is 0.0594. The van der Waals surface area contributed by atoms with Crippen LogP contribution in [0.15, 0.2) is 34.4 Å². The number of nitrogens with one attached hydrogen (secondary N) is 1. The molecule has 1 aliphatic carbocycles. The highest BCUT2D eigenvalue weighted by atomic mass is 32.1. The summed E-state index contributed by atoms with van der Waals surface area (Å²) in [5, 5.41) is 5.02. The SMILES string of the molecule is Cc1csc(=O)n1CCCC(=O)N[C@@H]1CCCc2ccccc21. The van der Waals surface area contributed by atoms with Gasteiger partial charge >= 0.3 is 4.87 Å². The predicted octanol–water partition coefficient (Wildman–Crippen LogP) is 3.19. The number of hydrogen-bond acceptors (Lipinski definition) is 3. The van der Waals surface area contributed by atoms with Crippen LogP contribution in [0.3, 0.4) is 0 Å². The van der Waals surface area contributed by atoms with Crippen LogP contribution >= 0.6 is 11.3 Å². The number of nitrogens with zero attached hydrogens (tertiary/aromatic N) is 1. The summed E-state index contributed by atoms with van der Waals surface area (Å²) in [6.45, 7) is 2.54. The van der Waals surface area contributed by atoms with Crippen LogP contribution < -0.4 is 10.2 Å². The lowest BCUT2D eigenvalue weighted by Crippen LogP contribution is -2.31. The fourth-order valence-corrected chi connectivity index (χ4v) is 4.00. The summed E-state index contributed by atoms with van der Waals surface area (Å²) in [7, 11) is 0. The number of aromatic nitrogens is 1. The summed E-state index contributed by atoms with van der Waals surface area (Å²) in [5.41, 5.74) is 3.59. The van der Waals surface area contributed by atoms with Crippen molar-refractivity contribution in [2.45, 2.75) is 51.6 Å². The molecule has 0 aliphatic heterocycles. The second-order valence-corrected chi connectivity index (χ2v) is 6.93. The molecule has 1 aromatic heterocycles. The van der Waals surface area contributed by atoms with E-state index in [-0.39, 0.29) is 16.8 Å². The first kappa shape index (κ1) is 16.0. The minimum Gasteiger partial charge on any atom is -0.349 e. The van der Waals surface area contributed by atoms with Crippen LogP contribution in [-0.4, -0.2) is 10.5 Å². The van der Waals surface area contributed by atoms with Crippen molar-refractivity contribution in [2.24, 2.45) is 0 Å². The number of thiazole rings is 1. The third kappa shape index (κ3) is 3.72. The van der Waals surface area contributed by atoms with Gasteiger partial charge < -0.3 is 9.88 Å². The molecular weight excluding hydrogens is 308 g/mol. The number of fused-ring (bicyclic) bond motifs is 1. The normalized spacial score (nSPS) is 16.8. The molecular formula is C18H22N2O2S. The fraction of sp³-hybridized carbons (Fsp3) is 0.444. The van der Waals surface area contributed by atoms with E-state index in [0.717, 1.165) is 25.0 Å². The quantitative estimate of drug-likeness (QED) is 0.915. The molecule has 1 aromatic carbocycles. The molecule has 5 heteroatoms. The Balaban J connectivity index is 1.53. The molecule has 4 nitrogen and oxygen atoms in total. The molecule has 0 unspecified atom stereocenters. The maximum absolute atomic E-state index is 12.2. The second-order valence-electron chi connectivity index (χ2n) is 6.11. The summed E-state index contributed by atoms with van der Waals surface area (Å²) in [6, 6.07) is 8.50. The Morgan fingerprint density at radius 3 is 3.00 bits per heavy atom. The molecule has 3 rings (SSSR count). The van der Waals surface area contributed by atoms with Gasteiger partial charge in [-0.25, -0.2) is 0 Å².